The van der Waals surface area contributed by atoms with Crippen molar-refractivity contribution in [1.29, 1.82) is 0 Å². The summed E-state index contributed by atoms with van der Waals surface area (Å²) in [6, 6.07) is 1.49. The van der Waals surface area contributed by atoms with E-state index in [1.807, 2.05) is 13.0 Å². The second-order valence-corrected chi connectivity index (χ2v) is 3.50. The molecule has 0 aliphatic carbocycles. The standard InChI is InChI=1S/C8H11BrN2O/c1-5-2-8(7(10)4-12)11-3-6(5)9/h2-3,7,12H,4,10H2,1H3. The summed E-state index contributed by atoms with van der Waals surface area (Å²) in [7, 11) is 0. The quantitative estimate of drug-likeness (QED) is 0.802. The van der Waals surface area contributed by atoms with E-state index in [0.717, 1.165) is 15.7 Å². The lowest BCUT2D eigenvalue weighted by atomic mass is 10.1. The predicted octanol–water partition coefficient (Wildman–Crippen LogP) is 1.14. The van der Waals surface area contributed by atoms with Crippen molar-refractivity contribution in [3.8, 4) is 0 Å². The number of halogens is 1. The molecule has 0 aliphatic rings. The minimum absolute atomic E-state index is 0.0753. The number of aryl methyl sites for hydroxylation is 1. The Morgan fingerprint density at radius 2 is 2.42 bits per heavy atom. The van der Waals surface area contributed by atoms with E-state index in [1.54, 1.807) is 6.20 Å². The van der Waals surface area contributed by atoms with E-state index in [2.05, 4.69) is 20.9 Å². The summed E-state index contributed by atoms with van der Waals surface area (Å²) in [6.45, 7) is 1.88. The number of aromatic nitrogens is 1. The van der Waals surface area contributed by atoms with Crippen LogP contribution >= 0.6 is 15.9 Å². The summed E-state index contributed by atoms with van der Waals surface area (Å²) in [5.41, 5.74) is 7.38. The first kappa shape index (κ1) is 9.64. The Balaban J connectivity index is 2.96. The van der Waals surface area contributed by atoms with Gasteiger partial charge in [0.1, 0.15) is 0 Å². The van der Waals surface area contributed by atoms with E-state index in [9.17, 15) is 0 Å². The van der Waals surface area contributed by atoms with Gasteiger partial charge in [0.2, 0.25) is 0 Å². The topological polar surface area (TPSA) is 59.1 Å². The minimum atomic E-state index is -0.378. The zero-order valence-electron chi connectivity index (χ0n) is 6.79. The zero-order chi connectivity index (χ0) is 9.14. The van der Waals surface area contributed by atoms with Crippen molar-refractivity contribution in [2.75, 3.05) is 6.61 Å². The molecule has 0 saturated heterocycles. The molecule has 0 saturated carbocycles. The van der Waals surface area contributed by atoms with E-state index < -0.39 is 0 Å². The van der Waals surface area contributed by atoms with Crippen LogP contribution in [0.5, 0.6) is 0 Å². The van der Waals surface area contributed by atoms with Gasteiger partial charge in [-0.1, -0.05) is 0 Å². The summed E-state index contributed by atoms with van der Waals surface area (Å²) >= 11 is 3.33. The van der Waals surface area contributed by atoms with Gasteiger partial charge >= 0.3 is 0 Å². The third-order valence-electron chi connectivity index (χ3n) is 1.64. The van der Waals surface area contributed by atoms with Gasteiger partial charge < -0.3 is 10.8 Å². The summed E-state index contributed by atoms with van der Waals surface area (Å²) in [4.78, 5) is 4.08. The molecule has 1 atom stereocenters. The van der Waals surface area contributed by atoms with Crippen LogP contribution in [0.15, 0.2) is 16.7 Å². The fourth-order valence-electron chi connectivity index (χ4n) is 0.857. The number of hydrogen-bond acceptors (Lipinski definition) is 3. The van der Waals surface area contributed by atoms with Gasteiger partial charge in [0.15, 0.2) is 0 Å². The maximum atomic E-state index is 8.77. The SMILES string of the molecule is Cc1cc(C(N)CO)ncc1Br. The number of rotatable bonds is 2. The summed E-state index contributed by atoms with van der Waals surface area (Å²) in [5, 5.41) is 8.77. The molecule has 0 spiro atoms. The Morgan fingerprint density at radius 1 is 1.75 bits per heavy atom. The van der Waals surface area contributed by atoms with Gasteiger partial charge in [-0.3, -0.25) is 4.98 Å². The van der Waals surface area contributed by atoms with Crippen molar-refractivity contribution in [3.63, 3.8) is 0 Å². The summed E-state index contributed by atoms with van der Waals surface area (Å²) in [6.07, 6.45) is 1.69. The average molecular weight is 231 g/mol. The van der Waals surface area contributed by atoms with E-state index >= 15 is 0 Å². The molecule has 0 aromatic carbocycles. The average Bonchev–Trinajstić information content (AvgIpc) is 2.08. The monoisotopic (exact) mass is 230 g/mol. The molecule has 1 aromatic heterocycles. The Hall–Kier alpha value is -0.450. The molecular formula is C8H11BrN2O. The molecule has 1 heterocycles. The molecule has 66 valence electrons. The van der Waals surface area contributed by atoms with Crippen molar-refractivity contribution >= 4 is 15.9 Å². The first-order chi connectivity index (χ1) is 5.65. The van der Waals surface area contributed by atoms with E-state index in [-0.39, 0.29) is 12.6 Å². The Bertz CT molecular complexity index is 278. The highest BCUT2D eigenvalue weighted by atomic mass is 79.9. The lowest BCUT2D eigenvalue weighted by Gasteiger charge is -2.08. The Kier molecular flexibility index (Phi) is 3.20. The maximum Gasteiger partial charge on any atom is 0.0705 e. The first-order valence-electron chi connectivity index (χ1n) is 3.63. The zero-order valence-corrected chi connectivity index (χ0v) is 8.37. The smallest absolute Gasteiger partial charge is 0.0705 e. The number of pyridine rings is 1. The highest BCUT2D eigenvalue weighted by Crippen LogP contribution is 2.17. The maximum absolute atomic E-state index is 8.77. The lowest BCUT2D eigenvalue weighted by molar-refractivity contribution is 0.266. The van der Waals surface area contributed by atoms with Crippen LogP contribution in [0.4, 0.5) is 0 Å². The van der Waals surface area contributed by atoms with E-state index in [4.69, 9.17) is 10.8 Å². The summed E-state index contributed by atoms with van der Waals surface area (Å²) in [5.74, 6) is 0. The van der Waals surface area contributed by atoms with E-state index in [0.29, 0.717) is 0 Å². The molecule has 1 unspecified atom stereocenters. The Morgan fingerprint density at radius 3 is 2.92 bits per heavy atom. The molecule has 0 radical (unpaired) electrons. The number of aliphatic hydroxyl groups excluding tert-OH is 1. The number of nitrogens with zero attached hydrogens (tertiary/aromatic N) is 1. The lowest BCUT2D eigenvalue weighted by Crippen LogP contribution is -2.16. The van der Waals surface area contributed by atoms with Gasteiger partial charge in [0.05, 0.1) is 18.3 Å². The molecule has 0 bridgehead atoms. The highest BCUT2D eigenvalue weighted by molar-refractivity contribution is 9.10. The molecule has 3 N–H and O–H groups in total. The van der Waals surface area contributed by atoms with Crippen LogP contribution in [0.3, 0.4) is 0 Å². The number of nitrogens with two attached hydrogens (primary N) is 1. The third kappa shape index (κ3) is 2.03. The van der Waals surface area contributed by atoms with Crippen LogP contribution in [0.1, 0.15) is 17.3 Å². The van der Waals surface area contributed by atoms with Crippen molar-refractivity contribution in [3.05, 3.63) is 28.0 Å². The molecule has 0 fully saturated rings. The molecule has 0 amide bonds. The van der Waals surface area contributed by atoms with E-state index in [1.165, 1.54) is 0 Å². The highest BCUT2D eigenvalue weighted by Gasteiger charge is 2.06. The van der Waals surface area contributed by atoms with Crippen LogP contribution in [-0.2, 0) is 0 Å². The van der Waals surface area contributed by atoms with Crippen LogP contribution in [-0.4, -0.2) is 16.7 Å². The molecular weight excluding hydrogens is 220 g/mol. The minimum Gasteiger partial charge on any atom is -0.394 e. The molecule has 0 aliphatic heterocycles. The normalized spacial score (nSPS) is 13.0. The third-order valence-corrected chi connectivity index (χ3v) is 2.47. The van der Waals surface area contributed by atoms with Crippen molar-refractivity contribution in [2.45, 2.75) is 13.0 Å². The number of aliphatic hydroxyl groups is 1. The van der Waals surface area contributed by atoms with Gasteiger partial charge in [0, 0.05) is 10.7 Å². The number of hydrogen-bond donors (Lipinski definition) is 2. The van der Waals surface area contributed by atoms with Gasteiger partial charge in [-0.05, 0) is 34.5 Å². The van der Waals surface area contributed by atoms with Gasteiger partial charge in [-0.25, -0.2) is 0 Å². The van der Waals surface area contributed by atoms with Gasteiger partial charge in [0.25, 0.3) is 0 Å². The molecule has 1 rings (SSSR count). The fraction of sp³-hybridized carbons (Fsp3) is 0.375. The van der Waals surface area contributed by atoms with Crippen molar-refractivity contribution < 1.29 is 5.11 Å². The van der Waals surface area contributed by atoms with Crippen molar-refractivity contribution in [1.82, 2.24) is 4.98 Å². The van der Waals surface area contributed by atoms with Gasteiger partial charge in [-0.2, -0.15) is 0 Å². The second kappa shape index (κ2) is 3.98. The van der Waals surface area contributed by atoms with Gasteiger partial charge in [-0.15, -0.1) is 0 Å². The first-order valence-corrected chi connectivity index (χ1v) is 4.43. The fourth-order valence-corrected chi connectivity index (χ4v) is 1.07. The predicted molar refractivity (Wildman–Crippen MR) is 50.7 cm³/mol. The molecule has 4 heteroatoms. The van der Waals surface area contributed by atoms with Crippen LogP contribution in [0, 0.1) is 6.92 Å². The molecule has 3 nitrogen and oxygen atoms in total. The van der Waals surface area contributed by atoms with Crippen LogP contribution < -0.4 is 5.73 Å². The molecule has 12 heavy (non-hydrogen) atoms. The van der Waals surface area contributed by atoms with Crippen molar-refractivity contribution in [2.24, 2.45) is 5.73 Å². The van der Waals surface area contributed by atoms with Crippen LogP contribution in [0.25, 0.3) is 0 Å². The summed E-state index contributed by atoms with van der Waals surface area (Å²) < 4.78 is 0.955. The van der Waals surface area contributed by atoms with Crippen LogP contribution in [0.2, 0.25) is 0 Å². The largest absolute Gasteiger partial charge is 0.394 e. The molecule has 1 aromatic rings. The second-order valence-electron chi connectivity index (χ2n) is 2.65. The Labute approximate surface area is 79.7 Å².